The van der Waals surface area contributed by atoms with Gasteiger partial charge >= 0.3 is 0 Å². The van der Waals surface area contributed by atoms with Crippen molar-refractivity contribution in [3.05, 3.63) is 53.6 Å². The molecular formula is C18H22N2O4S. The van der Waals surface area contributed by atoms with E-state index in [1.807, 2.05) is 6.07 Å². The number of carbonyl (C=O) groups excluding carboxylic acids is 1. The van der Waals surface area contributed by atoms with Crippen molar-refractivity contribution in [2.75, 3.05) is 18.4 Å². The van der Waals surface area contributed by atoms with Gasteiger partial charge in [0.25, 0.3) is 5.91 Å². The molecule has 6 nitrogen and oxygen atoms in total. The summed E-state index contributed by atoms with van der Waals surface area (Å²) in [7, 11) is -3.68. The molecule has 0 saturated carbocycles. The van der Waals surface area contributed by atoms with Gasteiger partial charge in [-0.1, -0.05) is 32.0 Å². The SMILES string of the molecule is CCN(CC)S(=O)(=O)c1ccc(O)c(NC(=O)c2ccccc2C)c1. The van der Waals surface area contributed by atoms with Crippen LogP contribution in [0.25, 0.3) is 0 Å². The highest BCUT2D eigenvalue weighted by atomic mass is 32.2. The monoisotopic (exact) mass is 362 g/mol. The Bertz CT molecular complexity index is 874. The number of sulfonamides is 1. The molecule has 2 N–H and O–H groups in total. The maximum atomic E-state index is 12.6. The number of phenols is 1. The number of aromatic hydroxyl groups is 1. The number of carbonyl (C=O) groups is 1. The Labute approximate surface area is 148 Å². The Hall–Kier alpha value is -2.38. The first-order valence-corrected chi connectivity index (χ1v) is 9.45. The zero-order valence-electron chi connectivity index (χ0n) is 14.5. The zero-order valence-corrected chi connectivity index (χ0v) is 15.3. The van der Waals surface area contributed by atoms with Crippen molar-refractivity contribution in [3.8, 4) is 5.75 Å². The molecule has 2 rings (SSSR count). The molecule has 0 aliphatic rings. The Balaban J connectivity index is 2.37. The summed E-state index contributed by atoms with van der Waals surface area (Å²) in [5.74, 6) is -0.605. The molecule has 2 aromatic rings. The van der Waals surface area contributed by atoms with Gasteiger partial charge < -0.3 is 10.4 Å². The average Bonchev–Trinajstić information content (AvgIpc) is 2.57. The van der Waals surface area contributed by atoms with Crippen LogP contribution in [0.4, 0.5) is 5.69 Å². The van der Waals surface area contributed by atoms with Crippen LogP contribution in [-0.4, -0.2) is 36.8 Å². The van der Waals surface area contributed by atoms with E-state index < -0.39 is 15.9 Å². The third kappa shape index (κ3) is 4.00. The van der Waals surface area contributed by atoms with Gasteiger partial charge in [-0.05, 0) is 36.8 Å². The summed E-state index contributed by atoms with van der Waals surface area (Å²) in [5.41, 5.74) is 1.30. The number of benzene rings is 2. The second-order valence-electron chi connectivity index (χ2n) is 5.54. The lowest BCUT2D eigenvalue weighted by Crippen LogP contribution is -2.30. The molecule has 0 saturated heterocycles. The number of hydrogen-bond acceptors (Lipinski definition) is 4. The van der Waals surface area contributed by atoms with E-state index in [1.54, 1.807) is 39.0 Å². The van der Waals surface area contributed by atoms with Crippen LogP contribution in [0.2, 0.25) is 0 Å². The molecule has 25 heavy (non-hydrogen) atoms. The van der Waals surface area contributed by atoms with E-state index in [1.165, 1.54) is 22.5 Å². The second kappa shape index (κ2) is 7.67. The standard InChI is InChI=1S/C18H22N2O4S/c1-4-20(5-2)25(23,24)14-10-11-17(21)16(12-14)19-18(22)15-9-7-6-8-13(15)3/h6-12,21H,4-5H2,1-3H3,(H,19,22). The summed E-state index contributed by atoms with van der Waals surface area (Å²) in [6.45, 7) is 5.98. The molecule has 0 fully saturated rings. The lowest BCUT2D eigenvalue weighted by atomic mass is 10.1. The van der Waals surface area contributed by atoms with Gasteiger partial charge in [0.2, 0.25) is 10.0 Å². The quantitative estimate of drug-likeness (QED) is 0.774. The number of nitrogens with one attached hydrogen (secondary N) is 1. The van der Waals surface area contributed by atoms with Crippen molar-refractivity contribution in [1.82, 2.24) is 4.31 Å². The fourth-order valence-electron chi connectivity index (χ4n) is 2.51. The summed E-state index contributed by atoms with van der Waals surface area (Å²) in [4.78, 5) is 12.4. The van der Waals surface area contributed by atoms with Crippen LogP contribution in [0.5, 0.6) is 5.75 Å². The Morgan fingerprint density at radius 1 is 1.12 bits per heavy atom. The van der Waals surface area contributed by atoms with Gasteiger partial charge in [0.1, 0.15) is 5.75 Å². The van der Waals surface area contributed by atoms with E-state index in [4.69, 9.17) is 0 Å². The minimum Gasteiger partial charge on any atom is -0.506 e. The molecular weight excluding hydrogens is 340 g/mol. The molecule has 0 aliphatic heterocycles. The zero-order chi connectivity index (χ0) is 18.6. The summed E-state index contributed by atoms with van der Waals surface area (Å²) in [6, 6.07) is 10.9. The Morgan fingerprint density at radius 3 is 2.36 bits per heavy atom. The largest absolute Gasteiger partial charge is 0.506 e. The Morgan fingerprint density at radius 2 is 1.76 bits per heavy atom. The lowest BCUT2D eigenvalue weighted by molar-refractivity contribution is 0.102. The molecule has 0 aliphatic carbocycles. The van der Waals surface area contributed by atoms with E-state index in [-0.39, 0.29) is 16.3 Å². The fraction of sp³-hybridized carbons (Fsp3) is 0.278. The molecule has 0 spiro atoms. The van der Waals surface area contributed by atoms with Gasteiger partial charge in [-0.15, -0.1) is 0 Å². The van der Waals surface area contributed by atoms with Crippen molar-refractivity contribution in [1.29, 1.82) is 0 Å². The van der Waals surface area contributed by atoms with Crippen LogP contribution in [0.15, 0.2) is 47.4 Å². The van der Waals surface area contributed by atoms with Crippen molar-refractivity contribution < 1.29 is 18.3 Å². The molecule has 0 unspecified atom stereocenters. The van der Waals surface area contributed by atoms with Gasteiger partial charge in [0.15, 0.2) is 0 Å². The second-order valence-corrected chi connectivity index (χ2v) is 7.48. The van der Waals surface area contributed by atoms with Gasteiger partial charge in [-0.25, -0.2) is 8.42 Å². The lowest BCUT2D eigenvalue weighted by Gasteiger charge is -2.19. The van der Waals surface area contributed by atoms with Crippen molar-refractivity contribution in [2.45, 2.75) is 25.7 Å². The van der Waals surface area contributed by atoms with Crippen molar-refractivity contribution in [3.63, 3.8) is 0 Å². The van der Waals surface area contributed by atoms with E-state index >= 15 is 0 Å². The third-order valence-electron chi connectivity index (χ3n) is 3.95. The summed E-state index contributed by atoms with van der Waals surface area (Å²) < 4.78 is 26.5. The van der Waals surface area contributed by atoms with Crippen molar-refractivity contribution >= 4 is 21.6 Å². The molecule has 0 bridgehead atoms. The van der Waals surface area contributed by atoms with Crippen LogP contribution in [-0.2, 0) is 10.0 Å². The highest BCUT2D eigenvalue weighted by Gasteiger charge is 2.23. The third-order valence-corrected chi connectivity index (χ3v) is 5.99. The molecule has 0 atom stereocenters. The maximum Gasteiger partial charge on any atom is 0.256 e. The predicted molar refractivity (Wildman–Crippen MR) is 97.3 cm³/mol. The molecule has 7 heteroatoms. The van der Waals surface area contributed by atoms with Gasteiger partial charge in [0, 0.05) is 18.7 Å². The number of aryl methyl sites for hydroxylation is 1. The first-order valence-electron chi connectivity index (χ1n) is 8.01. The molecule has 2 aromatic carbocycles. The van der Waals surface area contributed by atoms with Crippen LogP contribution >= 0.6 is 0 Å². The summed E-state index contributed by atoms with van der Waals surface area (Å²) in [6.07, 6.45) is 0. The van der Waals surface area contributed by atoms with E-state index in [2.05, 4.69) is 5.32 Å². The first kappa shape index (κ1) is 19.0. The van der Waals surface area contributed by atoms with Gasteiger partial charge in [-0.3, -0.25) is 4.79 Å². The van der Waals surface area contributed by atoms with E-state index in [0.29, 0.717) is 18.7 Å². The van der Waals surface area contributed by atoms with E-state index in [0.717, 1.165) is 5.56 Å². The first-order chi connectivity index (χ1) is 11.8. The fourth-order valence-corrected chi connectivity index (χ4v) is 3.99. The number of amides is 1. The summed E-state index contributed by atoms with van der Waals surface area (Å²) in [5, 5.41) is 12.6. The molecule has 0 radical (unpaired) electrons. The smallest absolute Gasteiger partial charge is 0.256 e. The van der Waals surface area contributed by atoms with Crippen LogP contribution in [0, 0.1) is 6.92 Å². The number of hydrogen-bond donors (Lipinski definition) is 2. The van der Waals surface area contributed by atoms with Crippen molar-refractivity contribution in [2.24, 2.45) is 0 Å². The normalized spacial score (nSPS) is 11.5. The molecule has 0 heterocycles. The van der Waals surface area contributed by atoms with Gasteiger partial charge in [0.05, 0.1) is 10.6 Å². The summed E-state index contributed by atoms with van der Waals surface area (Å²) >= 11 is 0. The van der Waals surface area contributed by atoms with Gasteiger partial charge in [-0.2, -0.15) is 4.31 Å². The highest BCUT2D eigenvalue weighted by Crippen LogP contribution is 2.28. The Kier molecular flexibility index (Phi) is 5.81. The number of nitrogens with zero attached hydrogens (tertiary/aromatic N) is 1. The molecule has 134 valence electrons. The minimum atomic E-state index is -3.68. The number of phenolic OH excluding ortho intramolecular Hbond substituents is 1. The van der Waals surface area contributed by atoms with Crippen LogP contribution < -0.4 is 5.32 Å². The van der Waals surface area contributed by atoms with Crippen LogP contribution in [0.1, 0.15) is 29.8 Å². The maximum absolute atomic E-state index is 12.6. The van der Waals surface area contributed by atoms with E-state index in [9.17, 15) is 18.3 Å². The van der Waals surface area contributed by atoms with Crippen LogP contribution in [0.3, 0.4) is 0 Å². The number of rotatable bonds is 6. The predicted octanol–water partition coefficient (Wildman–Crippen LogP) is 2.98. The number of anilines is 1. The highest BCUT2D eigenvalue weighted by molar-refractivity contribution is 7.89. The topological polar surface area (TPSA) is 86.7 Å². The minimum absolute atomic E-state index is 0.0223. The molecule has 0 aromatic heterocycles. The average molecular weight is 362 g/mol. The molecule has 1 amide bonds.